The third-order valence-electron chi connectivity index (χ3n) is 9.25. The zero-order chi connectivity index (χ0) is 18.7. The molecule has 26 heavy (non-hydrogen) atoms. The van der Waals surface area contributed by atoms with Gasteiger partial charge in [-0.2, -0.15) is 4.91 Å². The van der Waals surface area contributed by atoms with E-state index < -0.39 is 5.60 Å². The lowest BCUT2D eigenvalue weighted by atomic mass is 9.46. The number of nitroso groups, excluding NO2 is 1. The van der Waals surface area contributed by atoms with Crippen LogP contribution in [0.1, 0.15) is 72.1 Å². The molecule has 142 valence electrons. The number of terminal acetylenes is 1. The highest BCUT2D eigenvalue weighted by Crippen LogP contribution is 2.67. The summed E-state index contributed by atoms with van der Waals surface area (Å²) < 4.78 is 0. The van der Waals surface area contributed by atoms with E-state index in [1.54, 1.807) is 0 Å². The molecule has 8 atom stereocenters. The highest BCUT2D eigenvalue weighted by molar-refractivity contribution is 5.33. The Labute approximate surface area is 158 Å². The number of aliphatic hydroxyl groups is 1. The van der Waals surface area contributed by atoms with Crippen molar-refractivity contribution in [3.8, 4) is 12.3 Å². The van der Waals surface area contributed by atoms with Crippen LogP contribution < -0.4 is 0 Å². The van der Waals surface area contributed by atoms with E-state index in [0.717, 1.165) is 31.1 Å². The van der Waals surface area contributed by atoms with Gasteiger partial charge >= 0.3 is 0 Å². The Hall–Kier alpha value is -1.14. The molecule has 3 saturated carbocycles. The minimum absolute atomic E-state index is 0.0588. The standard InChI is InChI=1S/C23H33NO2/c1-5-23(25)13-12-21(3)16(14-23)6-7-17-19-9-8-18(15(2)24-26)22(19,4)11-10-20(17)21/h1,14-15,17-20,25H,6-13H2,2-4H3/t15?,17?,18-,19?,20?,21+,22-,23-/m1/s1. The molecule has 0 bridgehead atoms. The van der Waals surface area contributed by atoms with E-state index in [1.165, 1.54) is 31.3 Å². The van der Waals surface area contributed by atoms with Gasteiger partial charge in [-0.1, -0.05) is 30.5 Å². The van der Waals surface area contributed by atoms with E-state index in [-0.39, 0.29) is 16.9 Å². The first-order valence-electron chi connectivity index (χ1n) is 10.5. The summed E-state index contributed by atoms with van der Waals surface area (Å²) in [5, 5.41) is 14.0. The summed E-state index contributed by atoms with van der Waals surface area (Å²) >= 11 is 0. The Morgan fingerprint density at radius 3 is 2.65 bits per heavy atom. The fourth-order valence-electron chi connectivity index (χ4n) is 7.74. The Bertz CT molecular complexity index is 678. The summed E-state index contributed by atoms with van der Waals surface area (Å²) in [4.78, 5) is 11.2. The zero-order valence-corrected chi connectivity index (χ0v) is 16.5. The van der Waals surface area contributed by atoms with Crippen LogP contribution in [0.3, 0.4) is 0 Å². The van der Waals surface area contributed by atoms with Gasteiger partial charge in [0, 0.05) is 0 Å². The van der Waals surface area contributed by atoms with E-state index in [1.807, 2.05) is 13.0 Å². The van der Waals surface area contributed by atoms with Crippen LogP contribution in [0, 0.1) is 51.8 Å². The van der Waals surface area contributed by atoms with Crippen LogP contribution in [0.4, 0.5) is 0 Å². The van der Waals surface area contributed by atoms with Crippen LogP contribution in [0.25, 0.3) is 0 Å². The van der Waals surface area contributed by atoms with Crippen LogP contribution in [0.2, 0.25) is 0 Å². The molecule has 0 aromatic carbocycles. The normalized spacial score (nSPS) is 51.3. The lowest BCUT2D eigenvalue weighted by Gasteiger charge is -2.59. The van der Waals surface area contributed by atoms with Crippen molar-refractivity contribution in [3.63, 3.8) is 0 Å². The first kappa shape index (κ1) is 18.2. The fourth-order valence-corrected chi connectivity index (χ4v) is 7.74. The SMILES string of the molecule is C#C[C@]1(O)C=C2CCC3C(CC[C@@]4(C)C3CC[C@@H]4C(C)N=O)[C@@]2(C)CC1. The molecular formula is C23H33NO2. The Balaban J connectivity index is 1.64. The van der Waals surface area contributed by atoms with Gasteiger partial charge in [0.2, 0.25) is 0 Å². The minimum Gasteiger partial charge on any atom is -0.374 e. The van der Waals surface area contributed by atoms with Crippen molar-refractivity contribution in [3.05, 3.63) is 16.6 Å². The second kappa shape index (κ2) is 5.93. The number of rotatable bonds is 2. The van der Waals surface area contributed by atoms with Gasteiger partial charge in [0.05, 0.1) is 6.04 Å². The van der Waals surface area contributed by atoms with Gasteiger partial charge in [-0.15, -0.1) is 6.42 Å². The molecule has 4 aliphatic rings. The van der Waals surface area contributed by atoms with Crippen molar-refractivity contribution in [2.75, 3.05) is 0 Å². The smallest absolute Gasteiger partial charge is 0.144 e. The van der Waals surface area contributed by atoms with Gasteiger partial charge in [0.25, 0.3) is 0 Å². The third kappa shape index (κ3) is 2.37. The summed E-state index contributed by atoms with van der Waals surface area (Å²) in [7, 11) is 0. The summed E-state index contributed by atoms with van der Waals surface area (Å²) in [6.07, 6.45) is 16.5. The summed E-state index contributed by atoms with van der Waals surface area (Å²) in [6.45, 7) is 6.89. The molecule has 0 radical (unpaired) electrons. The van der Waals surface area contributed by atoms with Crippen molar-refractivity contribution in [2.24, 2.45) is 39.7 Å². The monoisotopic (exact) mass is 355 g/mol. The first-order valence-corrected chi connectivity index (χ1v) is 10.5. The molecule has 0 aliphatic heterocycles. The maximum absolute atomic E-state index is 11.2. The molecule has 1 N–H and O–H groups in total. The van der Waals surface area contributed by atoms with Crippen LogP contribution in [-0.2, 0) is 0 Å². The van der Waals surface area contributed by atoms with Crippen LogP contribution in [0.5, 0.6) is 0 Å². The van der Waals surface area contributed by atoms with Gasteiger partial charge < -0.3 is 5.11 Å². The molecule has 0 amide bonds. The maximum Gasteiger partial charge on any atom is 0.144 e. The van der Waals surface area contributed by atoms with Gasteiger partial charge in [0.1, 0.15) is 5.60 Å². The van der Waals surface area contributed by atoms with Crippen LogP contribution in [0.15, 0.2) is 16.8 Å². The zero-order valence-electron chi connectivity index (χ0n) is 16.5. The van der Waals surface area contributed by atoms with Crippen molar-refractivity contribution in [2.45, 2.75) is 83.8 Å². The summed E-state index contributed by atoms with van der Waals surface area (Å²) in [5.74, 6) is 5.23. The molecule has 0 aromatic rings. The molecule has 3 heteroatoms. The highest BCUT2D eigenvalue weighted by Gasteiger charge is 2.60. The molecule has 3 nitrogen and oxygen atoms in total. The maximum atomic E-state index is 11.2. The molecule has 0 spiro atoms. The fraction of sp³-hybridized carbons (Fsp3) is 0.826. The second-order valence-electron chi connectivity index (χ2n) is 10.1. The number of hydrogen-bond donors (Lipinski definition) is 1. The van der Waals surface area contributed by atoms with Crippen molar-refractivity contribution in [1.82, 2.24) is 0 Å². The lowest BCUT2D eigenvalue weighted by Crippen LogP contribution is -2.52. The summed E-state index contributed by atoms with van der Waals surface area (Å²) in [6, 6.07) is -0.0588. The van der Waals surface area contributed by atoms with E-state index in [2.05, 4.69) is 24.9 Å². The number of allylic oxidation sites excluding steroid dienone is 1. The number of fused-ring (bicyclic) bond motifs is 5. The quantitative estimate of drug-likeness (QED) is 0.426. The first-order chi connectivity index (χ1) is 12.3. The van der Waals surface area contributed by atoms with E-state index in [0.29, 0.717) is 18.3 Å². The van der Waals surface area contributed by atoms with Gasteiger partial charge in [-0.25, -0.2) is 0 Å². The molecule has 0 saturated heterocycles. The minimum atomic E-state index is -1.03. The van der Waals surface area contributed by atoms with Gasteiger partial charge in [0.15, 0.2) is 0 Å². The summed E-state index contributed by atoms with van der Waals surface area (Å²) in [5.41, 5.74) is 0.848. The Morgan fingerprint density at radius 2 is 1.96 bits per heavy atom. The molecular weight excluding hydrogens is 322 g/mol. The molecule has 3 fully saturated rings. The average Bonchev–Trinajstić information content (AvgIpc) is 2.99. The van der Waals surface area contributed by atoms with E-state index in [9.17, 15) is 10.0 Å². The van der Waals surface area contributed by atoms with Crippen LogP contribution in [-0.4, -0.2) is 16.7 Å². The molecule has 4 aliphatic carbocycles. The molecule has 4 rings (SSSR count). The predicted octanol–water partition coefficient (Wildman–Crippen LogP) is 5.08. The largest absolute Gasteiger partial charge is 0.374 e. The van der Waals surface area contributed by atoms with Crippen molar-refractivity contribution >= 4 is 0 Å². The number of nitrogens with zero attached hydrogens (tertiary/aromatic N) is 1. The van der Waals surface area contributed by atoms with Gasteiger partial charge in [-0.05, 0) is 98.9 Å². The molecule has 0 heterocycles. The van der Waals surface area contributed by atoms with Gasteiger partial charge in [-0.3, -0.25) is 0 Å². The molecule has 0 aromatic heterocycles. The third-order valence-corrected chi connectivity index (χ3v) is 9.25. The highest BCUT2D eigenvalue weighted by atomic mass is 16.3. The predicted molar refractivity (Wildman–Crippen MR) is 104 cm³/mol. The topological polar surface area (TPSA) is 49.7 Å². The second-order valence-corrected chi connectivity index (χ2v) is 10.1. The van der Waals surface area contributed by atoms with Crippen LogP contribution >= 0.6 is 0 Å². The Morgan fingerprint density at radius 1 is 1.19 bits per heavy atom. The number of hydrogen-bond acceptors (Lipinski definition) is 3. The average molecular weight is 356 g/mol. The van der Waals surface area contributed by atoms with E-state index >= 15 is 0 Å². The van der Waals surface area contributed by atoms with Crippen molar-refractivity contribution in [1.29, 1.82) is 0 Å². The lowest BCUT2D eigenvalue weighted by molar-refractivity contribution is -0.0604. The van der Waals surface area contributed by atoms with Crippen molar-refractivity contribution < 1.29 is 5.11 Å². The van der Waals surface area contributed by atoms with E-state index in [4.69, 9.17) is 6.42 Å². The Kier molecular flexibility index (Phi) is 4.16. The molecule has 4 unspecified atom stereocenters.